The number of carbonyl (C=O) groups excluding carboxylic acids is 1. The fraction of sp³-hybridized carbons (Fsp3) is 0.364. The summed E-state index contributed by atoms with van der Waals surface area (Å²) in [5.41, 5.74) is -0.356. The van der Waals surface area contributed by atoms with Crippen LogP contribution in [0.5, 0.6) is 0 Å². The van der Waals surface area contributed by atoms with E-state index in [4.69, 9.17) is 15.1 Å². The van der Waals surface area contributed by atoms with Crippen LogP contribution in [-0.2, 0) is 11.2 Å². The molecule has 0 radical (unpaired) electrons. The Labute approximate surface area is 97.5 Å². The van der Waals surface area contributed by atoms with Crippen molar-refractivity contribution in [3.05, 3.63) is 33.2 Å². The van der Waals surface area contributed by atoms with E-state index in [9.17, 15) is 9.59 Å². The lowest BCUT2D eigenvalue weighted by molar-refractivity contribution is 0.0524. The summed E-state index contributed by atoms with van der Waals surface area (Å²) in [6.07, 6.45) is 0.120. The molecular weight excluding hydrogens is 224 g/mol. The van der Waals surface area contributed by atoms with Crippen LogP contribution in [0.15, 0.2) is 10.9 Å². The minimum Gasteiger partial charge on any atom is -0.462 e. The maximum Gasteiger partial charge on any atom is 0.339 e. The van der Waals surface area contributed by atoms with Crippen LogP contribution in [-0.4, -0.2) is 29.3 Å². The van der Waals surface area contributed by atoms with E-state index in [1.165, 1.54) is 6.07 Å². The molecule has 0 unspecified atom stereocenters. The van der Waals surface area contributed by atoms with Crippen LogP contribution in [0.3, 0.4) is 0 Å². The van der Waals surface area contributed by atoms with Crippen molar-refractivity contribution in [2.75, 3.05) is 13.2 Å². The first-order valence-electron chi connectivity index (χ1n) is 5.08. The van der Waals surface area contributed by atoms with Crippen molar-refractivity contribution in [2.45, 2.75) is 13.3 Å². The highest BCUT2D eigenvalue weighted by Gasteiger charge is 2.15. The standard InChI is InChI=1S/C11H12N2O4/c1-2-17-11(16)8-5-7(6-12)10(15)13-9(8)3-4-14/h5,14H,2-4H2,1H3,(H,13,15). The molecule has 0 fully saturated rings. The number of nitriles is 1. The quantitative estimate of drug-likeness (QED) is 0.714. The fourth-order valence-electron chi connectivity index (χ4n) is 1.35. The monoisotopic (exact) mass is 236 g/mol. The van der Waals surface area contributed by atoms with Crippen LogP contribution in [0.2, 0.25) is 0 Å². The van der Waals surface area contributed by atoms with Gasteiger partial charge in [0.1, 0.15) is 11.6 Å². The van der Waals surface area contributed by atoms with E-state index in [-0.39, 0.29) is 36.5 Å². The van der Waals surface area contributed by atoms with Gasteiger partial charge in [-0.05, 0) is 13.0 Å². The summed E-state index contributed by atoms with van der Waals surface area (Å²) in [5, 5.41) is 17.5. The van der Waals surface area contributed by atoms with Gasteiger partial charge in [-0.15, -0.1) is 0 Å². The number of carbonyl (C=O) groups is 1. The lowest BCUT2D eigenvalue weighted by Crippen LogP contribution is -2.19. The zero-order valence-electron chi connectivity index (χ0n) is 9.32. The first-order chi connectivity index (χ1) is 8.13. The van der Waals surface area contributed by atoms with Crippen molar-refractivity contribution < 1.29 is 14.6 Å². The van der Waals surface area contributed by atoms with Crippen LogP contribution in [0.4, 0.5) is 0 Å². The highest BCUT2D eigenvalue weighted by molar-refractivity contribution is 5.91. The van der Waals surface area contributed by atoms with E-state index in [0.717, 1.165) is 0 Å². The Morgan fingerprint density at radius 2 is 2.35 bits per heavy atom. The number of H-pyrrole nitrogens is 1. The van der Waals surface area contributed by atoms with Crippen molar-refractivity contribution >= 4 is 5.97 Å². The van der Waals surface area contributed by atoms with Crippen molar-refractivity contribution in [3.8, 4) is 6.07 Å². The zero-order valence-corrected chi connectivity index (χ0v) is 9.32. The molecule has 0 atom stereocenters. The number of aliphatic hydroxyl groups is 1. The maximum atomic E-state index is 11.6. The average molecular weight is 236 g/mol. The Morgan fingerprint density at radius 1 is 1.65 bits per heavy atom. The molecule has 1 heterocycles. The second-order valence-corrected chi connectivity index (χ2v) is 3.21. The Morgan fingerprint density at radius 3 is 2.88 bits per heavy atom. The lowest BCUT2D eigenvalue weighted by Gasteiger charge is -2.07. The van der Waals surface area contributed by atoms with E-state index < -0.39 is 11.5 Å². The van der Waals surface area contributed by atoms with Gasteiger partial charge in [0.05, 0.1) is 12.2 Å². The van der Waals surface area contributed by atoms with Crippen LogP contribution in [0.1, 0.15) is 28.5 Å². The van der Waals surface area contributed by atoms with E-state index >= 15 is 0 Å². The number of hydrogen-bond acceptors (Lipinski definition) is 5. The molecule has 0 aliphatic rings. The third kappa shape index (κ3) is 2.92. The van der Waals surface area contributed by atoms with Crippen molar-refractivity contribution in [1.82, 2.24) is 4.98 Å². The van der Waals surface area contributed by atoms with Gasteiger partial charge in [0.2, 0.25) is 0 Å². The van der Waals surface area contributed by atoms with Gasteiger partial charge in [-0.25, -0.2) is 4.79 Å². The number of aromatic nitrogens is 1. The van der Waals surface area contributed by atoms with Gasteiger partial charge in [0.15, 0.2) is 0 Å². The van der Waals surface area contributed by atoms with Gasteiger partial charge in [-0.2, -0.15) is 5.26 Å². The van der Waals surface area contributed by atoms with Crippen LogP contribution in [0, 0.1) is 11.3 Å². The third-order valence-electron chi connectivity index (χ3n) is 2.10. The number of hydrogen-bond donors (Lipinski definition) is 2. The summed E-state index contributed by atoms with van der Waals surface area (Å²) >= 11 is 0. The minimum absolute atomic E-state index is 0.108. The van der Waals surface area contributed by atoms with E-state index in [1.807, 2.05) is 0 Å². The Balaban J connectivity index is 3.29. The highest BCUT2D eigenvalue weighted by atomic mass is 16.5. The van der Waals surface area contributed by atoms with Crippen molar-refractivity contribution in [2.24, 2.45) is 0 Å². The van der Waals surface area contributed by atoms with Crippen LogP contribution < -0.4 is 5.56 Å². The van der Waals surface area contributed by atoms with Gasteiger partial charge in [-0.1, -0.05) is 0 Å². The molecular formula is C11H12N2O4. The molecule has 6 heteroatoms. The molecule has 0 aromatic carbocycles. The Bertz CT molecular complexity index is 513. The van der Waals surface area contributed by atoms with Crippen LogP contribution in [0.25, 0.3) is 0 Å². The molecule has 6 nitrogen and oxygen atoms in total. The van der Waals surface area contributed by atoms with E-state index in [0.29, 0.717) is 0 Å². The average Bonchev–Trinajstić information content (AvgIpc) is 2.30. The number of ether oxygens (including phenoxy) is 1. The van der Waals surface area contributed by atoms with Gasteiger partial charge in [-0.3, -0.25) is 4.79 Å². The van der Waals surface area contributed by atoms with Gasteiger partial charge in [0.25, 0.3) is 5.56 Å². The number of aromatic amines is 1. The largest absolute Gasteiger partial charge is 0.462 e. The molecule has 0 spiro atoms. The summed E-state index contributed by atoms with van der Waals surface area (Å²) < 4.78 is 4.80. The summed E-state index contributed by atoms with van der Waals surface area (Å²) in [7, 11) is 0. The molecule has 0 aliphatic carbocycles. The molecule has 1 rings (SSSR count). The predicted molar refractivity (Wildman–Crippen MR) is 58.5 cm³/mol. The zero-order chi connectivity index (χ0) is 12.8. The van der Waals surface area contributed by atoms with E-state index in [1.54, 1.807) is 13.0 Å². The molecule has 17 heavy (non-hydrogen) atoms. The normalized spacial score (nSPS) is 9.71. The lowest BCUT2D eigenvalue weighted by atomic mass is 10.1. The molecule has 1 aromatic heterocycles. The second-order valence-electron chi connectivity index (χ2n) is 3.21. The van der Waals surface area contributed by atoms with Gasteiger partial charge >= 0.3 is 5.97 Å². The minimum atomic E-state index is -0.622. The third-order valence-corrected chi connectivity index (χ3v) is 2.10. The van der Waals surface area contributed by atoms with Crippen molar-refractivity contribution in [3.63, 3.8) is 0 Å². The fourth-order valence-corrected chi connectivity index (χ4v) is 1.35. The van der Waals surface area contributed by atoms with Gasteiger partial charge in [0, 0.05) is 18.7 Å². The Hall–Kier alpha value is -2.13. The topological polar surface area (TPSA) is 103 Å². The number of nitrogens with zero attached hydrogens (tertiary/aromatic N) is 1. The first-order valence-corrected chi connectivity index (χ1v) is 5.08. The molecule has 90 valence electrons. The SMILES string of the molecule is CCOC(=O)c1cc(C#N)c(=O)[nH]c1CCO. The number of pyridine rings is 1. The van der Waals surface area contributed by atoms with Gasteiger partial charge < -0.3 is 14.8 Å². The summed E-state index contributed by atoms with van der Waals surface area (Å²) in [4.78, 5) is 25.3. The van der Waals surface area contributed by atoms with Crippen LogP contribution >= 0.6 is 0 Å². The first kappa shape index (κ1) is 12.9. The molecule has 0 saturated carbocycles. The Kier molecular flexibility index (Phi) is 4.43. The highest BCUT2D eigenvalue weighted by Crippen LogP contribution is 2.08. The summed E-state index contributed by atoms with van der Waals surface area (Å²) in [6, 6.07) is 2.87. The molecule has 0 bridgehead atoms. The second kappa shape index (κ2) is 5.82. The summed E-state index contributed by atoms with van der Waals surface area (Å²) in [5.74, 6) is -0.622. The molecule has 2 N–H and O–H groups in total. The molecule has 0 amide bonds. The number of esters is 1. The molecule has 0 aliphatic heterocycles. The summed E-state index contributed by atoms with van der Waals surface area (Å²) in [6.45, 7) is 1.63. The number of rotatable bonds is 4. The van der Waals surface area contributed by atoms with Crippen molar-refractivity contribution in [1.29, 1.82) is 5.26 Å². The number of nitrogens with one attached hydrogen (secondary N) is 1. The van der Waals surface area contributed by atoms with E-state index in [2.05, 4.69) is 4.98 Å². The maximum absolute atomic E-state index is 11.6. The molecule has 0 saturated heterocycles. The smallest absolute Gasteiger partial charge is 0.339 e. The number of aliphatic hydroxyl groups excluding tert-OH is 1. The molecule has 1 aromatic rings. The predicted octanol–water partition coefficient (Wildman–Crippen LogP) is -0.0419.